The van der Waals surface area contributed by atoms with Gasteiger partial charge in [0.2, 0.25) is 5.13 Å². The van der Waals surface area contributed by atoms with Gasteiger partial charge in [-0.05, 0) is 18.8 Å². The number of hydrogen-bond acceptors (Lipinski definition) is 4. The Kier molecular flexibility index (Phi) is 3.79. The molecule has 0 spiro atoms. The monoisotopic (exact) mass is 239 g/mol. The molecule has 1 N–H and O–H groups in total. The van der Waals surface area contributed by atoms with E-state index in [1.807, 2.05) is 0 Å². The third-order valence-corrected chi connectivity index (χ3v) is 3.75. The van der Waals surface area contributed by atoms with E-state index < -0.39 is 0 Å². The number of nitrogens with zero attached hydrogens (tertiary/aromatic N) is 2. The number of rotatable bonds is 6. The second kappa shape index (κ2) is 5.13. The van der Waals surface area contributed by atoms with Crippen molar-refractivity contribution in [3.05, 3.63) is 5.82 Å². The summed E-state index contributed by atoms with van der Waals surface area (Å²) in [6, 6.07) is 0.584. The van der Waals surface area contributed by atoms with Crippen LogP contribution in [0, 0.1) is 5.92 Å². The van der Waals surface area contributed by atoms with E-state index in [-0.39, 0.29) is 0 Å². The highest BCUT2D eigenvalue weighted by Crippen LogP contribution is 2.35. The predicted molar refractivity (Wildman–Crippen MR) is 69.0 cm³/mol. The molecule has 0 radical (unpaired) electrons. The lowest BCUT2D eigenvalue weighted by molar-refractivity contribution is 0.586. The van der Waals surface area contributed by atoms with Crippen molar-refractivity contribution in [2.45, 2.75) is 58.4 Å². The zero-order valence-electron chi connectivity index (χ0n) is 10.4. The van der Waals surface area contributed by atoms with Gasteiger partial charge in [-0.1, -0.05) is 33.6 Å². The van der Waals surface area contributed by atoms with Crippen molar-refractivity contribution in [1.82, 2.24) is 9.36 Å². The first-order valence-electron chi connectivity index (χ1n) is 6.29. The lowest BCUT2D eigenvalue weighted by Crippen LogP contribution is -2.18. The van der Waals surface area contributed by atoms with Crippen LogP contribution < -0.4 is 5.32 Å². The predicted octanol–water partition coefficient (Wildman–Crippen LogP) is 3.65. The summed E-state index contributed by atoms with van der Waals surface area (Å²) in [5, 5.41) is 4.52. The molecule has 1 aromatic rings. The summed E-state index contributed by atoms with van der Waals surface area (Å²) in [4.78, 5) is 4.52. The fraction of sp³-hybridized carbons (Fsp3) is 0.833. The van der Waals surface area contributed by atoms with Crippen LogP contribution in [0.3, 0.4) is 0 Å². The van der Waals surface area contributed by atoms with E-state index in [0.717, 1.165) is 16.9 Å². The molecule has 1 heterocycles. The molecule has 0 aliphatic heterocycles. The highest BCUT2D eigenvalue weighted by atomic mass is 32.1. The van der Waals surface area contributed by atoms with E-state index in [4.69, 9.17) is 0 Å². The zero-order chi connectivity index (χ0) is 11.5. The fourth-order valence-electron chi connectivity index (χ4n) is 1.79. The van der Waals surface area contributed by atoms with Gasteiger partial charge >= 0.3 is 0 Å². The molecule has 1 atom stereocenters. The third kappa shape index (κ3) is 3.17. The molecule has 0 amide bonds. The van der Waals surface area contributed by atoms with Crippen molar-refractivity contribution < 1.29 is 0 Å². The zero-order valence-corrected chi connectivity index (χ0v) is 11.2. The number of aromatic nitrogens is 2. The molecule has 0 aromatic carbocycles. The first kappa shape index (κ1) is 11.8. The quantitative estimate of drug-likeness (QED) is 0.823. The molecule has 3 nitrogen and oxygen atoms in total. The minimum absolute atomic E-state index is 0.426. The Hall–Kier alpha value is -0.640. The van der Waals surface area contributed by atoms with Gasteiger partial charge in [0, 0.05) is 23.5 Å². The Bertz CT molecular complexity index is 331. The molecule has 1 fully saturated rings. The third-order valence-electron chi connectivity index (χ3n) is 3.09. The Morgan fingerprint density at radius 2 is 2.19 bits per heavy atom. The van der Waals surface area contributed by atoms with Crippen molar-refractivity contribution in [1.29, 1.82) is 0 Å². The molecule has 4 heteroatoms. The van der Waals surface area contributed by atoms with E-state index in [1.54, 1.807) is 0 Å². The van der Waals surface area contributed by atoms with Gasteiger partial charge < -0.3 is 5.32 Å². The van der Waals surface area contributed by atoms with Crippen molar-refractivity contribution in [3.8, 4) is 0 Å². The molecular weight excluding hydrogens is 218 g/mol. The highest BCUT2D eigenvalue weighted by molar-refractivity contribution is 7.09. The van der Waals surface area contributed by atoms with Gasteiger partial charge in [-0.25, -0.2) is 4.98 Å². The molecule has 0 bridgehead atoms. The van der Waals surface area contributed by atoms with Crippen LogP contribution in [-0.4, -0.2) is 15.4 Å². The SMILES string of the molecule is CCC(CC1CC1)Nc1nc(C(C)C)ns1. The van der Waals surface area contributed by atoms with E-state index in [9.17, 15) is 0 Å². The average Bonchev–Trinajstić information content (AvgIpc) is 2.93. The van der Waals surface area contributed by atoms with Crippen LogP contribution in [0.5, 0.6) is 0 Å². The maximum Gasteiger partial charge on any atom is 0.202 e. The minimum atomic E-state index is 0.426. The minimum Gasteiger partial charge on any atom is -0.358 e. The van der Waals surface area contributed by atoms with Gasteiger partial charge in [0.05, 0.1) is 0 Å². The molecule has 1 unspecified atom stereocenters. The van der Waals surface area contributed by atoms with Crippen LogP contribution in [0.4, 0.5) is 5.13 Å². The van der Waals surface area contributed by atoms with Gasteiger partial charge in [-0.3, -0.25) is 0 Å². The second-order valence-electron chi connectivity index (χ2n) is 5.04. The maximum absolute atomic E-state index is 4.52. The molecule has 16 heavy (non-hydrogen) atoms. The fourth-order valence-corrected chi connectivity index (χ4v) is 2.57. The molecule has 1 aliphatic rings. The lowest BCUT2D eigenvalue weighted by atomic mass is 10.1. The molecule has 90 valence electrons. The summed E-state index contributed by atoms with van der Waals surface area (Å²) >= 11 is 1.50. The Morgan fingerprint density at radius 3 is 2.69 bits per heavy atom. The topological polar surface area (TPSA) is 37.8 Å². The Morgan fingerprint density at radius 1 is 1.44 bits per heavy atom. The van der Waals surface area contributed by atoms with E-state index in [1.165, 1.54) is 37.2 Å². The van der Waals surface area contributed by atoms with Gasteiger partial charge in [-0.2, -0.15) is 4.37 Å². The smallest absolute Gasteiger partial charge is 0.202 e. The van der Waals surface area contributed by atoms with Gasteiger partial charge in [0.1, 0.15) is 5.82 Å². The van der Waals surface area contributed by atoms with Crippen LogP contribution in [0.1, 0.15) is 58.2 Å². The molecule has 1 aromatic heterocycles. The van der Waals surface area contributed by atoms with Crippen LogP contribution in [0.2, 0.25) is 0 Å². The van der Waals surface area contributed by atoms with E-state index in [0.29, 0.717) is 12.0 Å². The number of nitrogens with one attached hydrogen (secondary N) is 1. The average molecular weight is 239 g/mol. The van der Waals surface area contributed by atoms with Crippen LogP contribution in [-0.2, 0) is 0 Å². The molecule has 1 aliphatic carbocycles. The normalized spacial score (nSPS) is 17.8. The lowest BCUT2D eigenvalue weighted by Gasteiger charge is -2.15. The van der Waals surface area contributed by atoms with Crippen molar-refractivity contribution in [2.24, 2.45) is 5.92 Å². The Balaban J connectivity index is 1.89. The summed E-state index contributed by atoms with van der Waals surface area (Å²) in [7, 11) is 0. The van der Waals surface area contributed by atoms with Crippen molar-refractivity contribution in [3.63, 3.8) is 0 Å². The largest absolute Gasteiger partial charge is 0.358 e. The second-order valence-corrected chi connectivity index (χ2v) is 5.79. The standard InChI is InChI=1S/C12H21N3S/c1-4-10(7-9-5-6-9)13-12-14-11(8(2)3)15-16-12/h8-10H,4-7H2,1-3H3,(H,13,14,15). The highest BCUT2D eigenvalue weighted by Gasteiger charge is 2.25. The summed E-state index contributed by atoms with van der Waals surface area (Å²) in [6.45, 7) is 6.51. The van der Waals surface area contributed by atoms with Gasteiger partial charge in [-0.15, -0.1) is 0 Å². The summed E-state index contributed by atoms with van der Waals surface area (Å²) in [5.74, 6) is 2.36. The summed E-state index contributed by atoms with van der Waals surface area (Å²) in [6.07, 6.45) is 5.32. The van der Waals surface area contributed by atoms with Gasteiger partial charge in [0.15, 0.2) is 0 Å². The van der Waals surface area contributed by atoms with Crippen LogP contribution in [0.15, 0.2) is 0 Å². The summed E-state index contributed by atoms with van der Waals surface area (Å²) < 4.78 is 4.37. The Labute approximate surface area is 102 Å². The number of hydrogen-bond donors (Lipinski definition) is 1. The van der Waals surface area contributed by atoms with Crippen molar-refractivity contribution in [2.75, 3.05) is 5.32 Å². The van der Waals surface area contributed by atoms with Gasteiger partial charge in [0.25, 0.3) is 0 Å². The molecule has 0 saturated heterocycles. The van der Waals surface area contributed by atoms with E-state index in [2.05, 4.69) is 35.4 Å². The van der Waals surface area contributed by atoms with E-state index >= 15 is 0 Å². The first-order valence-corrected chi connectivity index (χ1v) is 7.06. The summed E-state index contributed by atoms with van der Waals surface area (Å²) in [5.41, 5.74) is 0. The molecular formula is C12H21N3S. The van der Waals surface area contributed by atoms with Crippen LogP contribution >= 0.6 is 11.5 Å². The maximum atomic E-state index is 4.52. The molecule has 1 saturated carbocycles. The number of anilines is 1. The van der Waals surface area contributed by atoms with Crippen LogP contribution in [0.25, 0.3) is 0 Å². The molecule has 2 rings (SSSR count). The first-order chi connectivity index (χ1) is 7.69. The van der Waals surface area contributed by atoms with Crippen molar-refractivity contribution >= 4 is 16.7 Å².